The molecule has 2 aromatic heterocycles. The highest BCUT2D eigenvalue weighted by molar-refractivity contribution is 9.10. The molecule has 0 bridgehead atoms. The van der Waals surface area contributed by atoms with Crippen molar-refractivity contribution in [2.24, 2.45) is 4.99 Å². The first-order chi connectivity index (χ1) is 12.4. The average molecular weight is 454 g/mol. The van der Waals surface area contributed by atoms with Crippen molar-refractivity contribution in [1.82, 2.24) is 14.8 Å². The monoisotopic (exact) mass is 452 g/mol. The smallest absolute Gasteiger partial charge is 0.243 e. The lowest BCUT2D eigenvalue weighted by atomic mass is 10.1. The number of pyridine rings is 1. The van der Waals surface area contributed by atoms with Gasteiger partial charge >= 0.3 is 0 Å². The second kappa shape index (κ2) is 6.66. The molecule has 0 fully saturated rings. The van der Waals surface area contributed by atoms with Crippen molar-refractivity contribution in [2.45, 2.75) is 13.2 Å². The van der Waals surface area contributed by atoms with E-state index in [1.807, 2.05) is 6.92 Å². The molecule has 3 heterocycles. The van der Waals surface area contributed by atoms with Crippen molar-refractivity contribution in [3.05, 3.63) is 68.0 Å². The van der Waals surface area contributed by atoms with Gasteiger partial charge < -0.3 is 9.84 Å². The van der Waals surface area contributed by atoms with Crippen LogP contribution in [0.3, 0.4) is 0 Å². The van der Waals surface area contributed by atoms with Crippen LogP contribution >= 0.6 is 39.1 Å². The lowest BCUT2D eigenvalue weighted by molar-refractivity contribution is -0.0319. The predicted molar refractivity (Wildman–Crippen MR) is 102 cm³/mol. The third-order valence-electron chi connectivity index (χ3n) is 3.84. The number of halogens is 3. The van der Waals surface area contributed by atoms with E-state index in [9.17, 15) is 5.11 Å². The molecule has 0 spiro atoms. The molecule has 9 heteroatoms. The van der Waals surface area contributed by atoms with Crippen LogP contribution in [0.4, 0.5) is 5.69 Å². The van der Waals surface area contributed by atoms with Crippen LogP contribution in [0.2, 0.25) is 10.0 Å². The molecule has 26 heavy (non-hydrogen) atoms. The van der Waals surface area contributed by atoms with Gasteiger partial charge in [0.25, 0.3) is 0 Å². The lowest BCUT2D eigenvalue weighted by Gasteiger charge is -2.23. The number of ether oxygens (including phenoxy) is 1. The number of nitrogens with zero attached hydrogens (tertiary/aromatic N) is 4. The van der Waals surface area contributed by atoms with Gasteiger partial charge in [-0.2, -0.15) is 5.10 Å². The Bertz CT molecular complexity index is 1050. The van der Waals surface area contributed by atoms with Crippen LogP contribution in [0, 0.1) is 6.92 Å². The van der Waals surface area contributed by atoms with Crippen molar-refractivity contribution in [1.29, 1.82) is 0 Å². The van der Waals surface area contributed by atoms with E-state index in [1.54, 1.807) is 36.5 Å². The predicted octanol–water partition coefficient (Wildman–Crippen LogP) is 4.74. The minimum atomic E-state index is -1.20. The van der Waals surface area contributed by atoms with E-state index in [1.165, 1.54) is 4.68 Å². The number of benzene rings is 1. The summed E-state index contributed by atoms with van der Waals surface area (Å²) in [5, 5.41) is 15.7. The van der Waals surface area contributed by atoms with Crippen LogP contribution < -0.4 is 0 Å². The molecule has 1 unspecified atom stereocenters. The highest BCUT2D eigenvalue weighted by atomic mass is 79.9. The fraction of sp³-hybridized carbons (Fsp3) is 0.118. The fourth-order valence-corrected chi connectivity index (χ4v) is 3.57. The lowest BCUT2D eigenvalue weighted by Crippen LogP contribution is -2.20. The zero-order valence-corrected chi connectivity index (χ0v) is 16.4. The van der Waals surface area contributed by atoms with Gasteiger partial charge in [0.1, 0.15) is 10.3 Å². The quantitative estimate of drug-likeness (QED) is 0.607. The normalized spacial score (nSPS) is 16.0. The summed E-state index contributed by atoms with van der Waals surface area (Å²) in [6, 6.07) is 8.57. The average Bonchev–Trinajstić information content (AvgIpc) is 2.97. The van der Waals surface area contributed by atoms with Crippen LogP contribution in [0.15, 0.2) is 46.1 Å². The van der Waals surface area contributed by atoms with Crippen LogP contribution in [0.5, 0.6) is 0 Å². The van der Waals surface area contributed by atoms with E-state index in [-0.39, 0.29) is 5.90 Å². The van der Waals surface area contributed by atoms with Crippen LogP contribution in [-0.2, 0) is 4.74 Å². The number of hydrogen-bond donors (Lipinski definition) is 1. The van der Waals surface area contributed by atoms with Crippen molar-refractivity contribution >= 4 is 50.7 Å². The maximum Gasteiger partial charge on any atom is 0.243 e. The Balaban J connectivity index is 1.90. The third kappa shape index (κ3) is 3.01. The summed E-state index contributed by atoms with van der Waals surface area (Å²) in [4.78, 5) is 8.83. The highest BCUT2D eigenvalue weighted by Gasteiger charge is 2.28. The topological polar surface area (TPSA) is 72.5 Å². The summed E-state index contributed by atoms with van der Waals surface area (Å²) in [6.07, 6.45) is 0.414. The van der Waals surface area contributed by atoms with Gasteiger partial charge in [-0.05, 0) is 52.7 Å². The molecule has 0 radical (unpaired) electrons. The molecule has 0 amide bonds. The molecular formula is C17H11BrCl2N4O2. The first kappa shape index (κ1) is 17.5. The van der Waals surface area contributed by atoms with E-state index < -0.39 is 6.29 Å². The summed E-state index contributed by atoms with van der Waals surface area (Å²) < 4.78 is 7.68. The maximum absolute atomic E-state index is 10.4. The van der Waals surface area contributed by atoms with Crippen molar-refractivity contribution in [3.8, 4) is 5.82 Å². The molecule has 1 N–H and O–H groups in total. The Morgan fingerprint density at radius 1 is 1.27 bits per heavy atom. The van der Waals surface area contributed by atoms with E-state index in [0.717, 1.165) is 5.56 Å². The third-order valence-corrected chi connectivity index (χ3v) is 4.74. The SMILES string of the molecule is Cc1cc(Cl)cc2c1N=C(c1cc(Br)nn1-c1ncccc1Cl)OC2O. The molecule has 6 nitrogen and oxygen atoms in total. The Morgan fingerprint density at radius 3 is 2.85 bits per heavy atom. The highest BCUT2D eigenvalue weighted by Crippen LogP contribution is 2.38. The maximum atomic E-state index is 10.4. The number of aliphatic hydroxyl groups excluding tert-OH is 1. The number of aromatic nitrogens is 3. The molecule has 0 saturated heterocycles. The van der Waals surface area contributed by atoms with Gasteiger partial charge in [0.05, 0.1) is 10.7 Å². The van der Waals surface area contributed by atoms with Crippen LogP contribution in [-0.4, -0.2) is 25.8 Å². The van der Waals surface area contributed by atoms with Crippen molar-refractivity contribution in [2.75, 3.05) is 0 Å². The summed E-state index contributed by atoms with van der Waals surface area (Å²) in [5.74, 6) is 0.629. The van der Waals surface area contributed by atoms with Gasteiger partial charge in [0.15, 0.2) is 5.82 Å². The second-order valence-corrected chi connectivity index (χ2v) is 7.28. The van der Waals surface area contributed by atoms with E-state index in [4.69, 9.17) is 27.9 Å². The zero-order chi connectivity index (χ0) is 18.4. The van der Waals surface area contributed by atoms with Gasteiger partial charge in [0.2, 0.25) is 12.2 Å². The molecular weight excluding hydrogens is 443 g/mol. The molecule has 0 aliphatic carbocycles. The second-order valence-electron chi connectivity index (χ2n) is 5.62. The summed E-state index contributed by atoms with van der Waals surface area (Å²) in [7, 11) is 0. The van der Waals surface area contributed by atoms with Crippen LogP contribution in [0.1, 0.15) is 23.1 Å². The van der Waals surface area contributed by atoms with E-state index in [0.29, 0.717) is 37.4 Å². The standard InChI is InChI=1S/C17H11BrCl2N4O2/c1-8-5-9(19)6-10-14(8)22-16(26-17(10)25)12-7-13(18)23-24(12)15-11(20)3-2-4-21-15/h2-7,17,25H,1H3. The van der Waals surface area contributed by atoms with E-state index in [2.05, 4.69) is 31.0 Å². The van der Waals surface area contributed by atoms with Crippen LogP contribution in [0.25, 0.3) is 5.82 Å². The first-order valence-electron chi connectivity index (χ1n) is 7.54. The Morgan fingerprint density at radius 2 is 2.08 bits per heavy atom. The fourth-order valence-electron chi connectivity index (χ4n) is 2.72. The van der Waals surface area contributed by atoms with Crippen molar-refractivity contribution in [3.63, 3.8) is 0 Å². The van der Waals surface area contributed by atoms with Gasteiger partial charge in [-0.25, -0.2) is 14.7 Å². The number of rotatable bonds is 2. The zero-order valence-electron chi connectivity index (χ0n) is 13.3. The number of fused-ring (bicyclic) bond motifs is 1. The molecule has 1 atom stereocenters. The number of aliphatic imine (C=N–C) groups is 1. The van der Waals surface area contributed by atoms with Gasteiger partial charge in [0, 0.05) is 22.8 Å². The molecule has 1 aliphatic rings. The molecule has 132 valence electrons. The minimum Gasteiger partial charge on any atom is -0.442 e. The summed E-state index contributed by atoms with van der Waals surface area (Å²) >= 11 is 15.7. The largest absolute Gasteiger partial charge is 0.442 e. The van der Waals surface area contributed by atoms with Crippen molar-refractivity contribution < 1.29 is 9.84 Å². The van der Waals surface area contributed by atoms with E-state index >= 15 is 0 Å². The Hall–Kier alpha value is -1.93. The van der Waals surface area contributed by atoms with Gasteiger partial charge in [-0.3, -0.25) is 0 Å². The summed E-state index contributed by atoms with van der Waals surface area (Å²) in [5.41, 5.74) is 2.45. The van der Waals surface area contributed by atoms with Gasteiger partial charge in [-0.15, -0.1) is 0 Å². The minimum absolute atomic E-state index is 0.204. The number of hydrogen-bond acceptors (Lipinski definition) is 5. The summed E-state index contributed by atoms with van der Waals surface area (Å²) in [6.45, 7) is 1.87. The molecule has 3 aromatic rings. The Labute approximate surface area is 167 Å². The van der Waals surface area contributed by atoms with Gasteiger partial charge in [-0.1, -0.05) is 23.2 Å². The number of aliphatic hydroxyl groups is 1. The Kier molecular flexibility index (Phi) is 4.48. The first-order valence-corrected chi connectivity index (χ1v) is 9.09. The molecule has 4 rings (SSSR count). The molecule has 1 aromatic carbocycles. The molecule has 0 saturated carbocycles. The number of aryl methyl sites for hydroxylation is 1. The molecule has 1 aliphatic heterocycles.